The van der Waals surface area contributed by atoms with E-state index in [0.29, 0.717) is 5.57 Å². The molecular formula is C44H29NS2. The first-order chi connectivity index (χ1) is 23.2. The van der Waals surface area contributed by atoms with Gasteiger partial charge in [-0.15, -0.1) is 22.7 Å². The predicted molar refractivity (Wildman–Crippen MR) is 206 cm³/mol. The lowest BCUT2D eigenvalue weighted by atomic mass is 9.82. The summed E-state index contributed by atoms with van der Waals surface area (Å²) >= 11 is 3.65. The Bertz CT molecular complexity index is 2470. The molecule has 0 atom stereocenters. The lowest BCUT2D eigenvalue weighted by Gasteiger charge is -2.20. The highest BCUT2D eigenvalue weighted by Gasteiger charge is 2.21. The number of nitrogens with zero attached hydrogens (tertiary/aromatic N) is 1. The van der Waals surface area contributed by atoms with E-state index in [-0.39, 0.29) is 0 Å². The van der Waals surface area contributed by atoms with Gasteiger partial charge >= 0.3 is 0 Å². The van der Waals surface area contributed by atoms with Crippen LogP contribution in [0.3, 0.4) is 0 Å². The minimum absolute atomic E-state index is 0.544. The number of hydrogen-bond donors (Lipinski definition) is 0. The lowest BCUT2D eigenvalue weighted by molar-refractivity contribution is 1.48. The average Bonchev–Trinajstić information content (AvgIpc) is 3.69. The maximum atomic E-state index is 10.4. The van der Waals surface area contributed by atoms with Crippen LogP contribution in [0.4, 0.5) is 0 Å². The highest BCUT2D eigenvalue weighted by molar-refractivity contribution is 7.26. The van der Waals surface area contributed by atoms with Crippen molar-refractivity contribution in [1.29, 1.82) is 5.26 Å². The van der Waals surface area contributed by atoms with Crippen LogP contribution in [-0.2, 0) is 0 Å². The van der Waals surface area contributed by atoms with E-state index in [1.807, 2.05) is 35.7 Å². The zero-order valence-electron chi connectivity index (χ0n) is 25.8. The van der Waals surface area contributed by atoms with Gasteiger partial charge in [0, 0.05) is 45.9 Å². The first-order valence-electron chi connectivity index (χ1n) is 15.6. The SMILES string of the molecule is C=C/C(C#N)=C(\C=C/C)c1c(-c2ccc3sc4ccccc4c3c2)cc(-c2ccccc2)cc1-c1ccc2sc3ccccc3c2c1. The largest absolute Gasteiger partial charge is 0.192 e. The number of fused-ring (bicyclic) bond motifs is 6. The second-order valence-electron chi connectivity index (χ2n) is 11.6. The number of benzene rings is 6. The van der Waals surface area contributed by atoms with Gasteiger partial charge in [0.2, 0.25) is 0 Å². The number of hydrogen-bond acceptors (Lipinski definition) is 3. The maximum Gasteiger partial charge on any atom is 0.0997 e. The normalized spacial score (nSPS) is 12.3. The third-order valence-corrected chi connectivity index (χ3v) is 11.1. The quantitative estimate of drug-likeness (QED) is 0.132. The number of nitriles is 1. The standard InChI is InChI=1S/C44H29NS2/c1-3-12-33(28(4-2)27-45)44-36(30-19-21-42-38(23-30)34-15-8-10-17-40(34)46-42)25-32(29-13-6-5-7-14-29)26-37(44)31-20-22-43-39(24-31)35-16-9-11-18-41(35)47-43/h3-26H,2H2,1H3/b12-3-,33-28-. The van der Waals surface area contributed by atoms with Crippen LogP contribution in [0.15, 0.2) is 158 Å². The summed E-state index contributed by atoms with van der Waals surface area (Å²) in [5.41, 5.74) is 9.08. The smallest absolute Gasteiger partial charge is 0.0997 e. The Morgan fingerprint density at radius 1 is 0.574 bits per heavy atom. The highest BCUT2D eigenvalue weighted by Crippen LogP contribution is 2.46. The molecule has 0 aliphatic heterocycles. The molecule has 0 saturated heterocycles. The van der Waals surface area contributed by atoms with Gasteiger partial charge in [-0.2, -0.15) is 5.26 Å². The van der Waals surface area contributed by atoms with Crippen LogP contribution < -0.4 is 0 Å². The van der Waals surface area contributed by atoms with Crippen molar-refractivity contribution in [3.8, 4) is 39.4 Å². The molecule has 47 heavy (non-hydrogen) atoms. The Kier molecular flexibility index (Phi) is 7.38. The Balaban J connectivity index is 1.52. The summed E-state index contributed by atoms with van der Waals surface area (Å²) < 4.78 is 5.09. The molecule has 0 spiro atoms. The minimum Gasteiger partial charge on any atom is -0.192 e. The van der Waals surface area contributed by atoms with Crippen LogP contribution in [0.5, 0.6) is 0 Å². The van der Waals surface area contributed by atoms with Gasteiger partial charge in [-0.3, -0.25) is 0 Å². The molecule has 8 aromatic rings. The van der Waals surface area contributed by atoms with Crippen molar-refractivity contribution >= 4 is 68.6 Å². The maximum absolute atomic E-state index is 10.4. The molecule has 8 rings (SSSR count). The third-order valence-electron chi connectivity index (χ3n) is 8.84. The molecule has 0 unspecified atom stereocenters. The molecule has 0 radical (unpaired) electrons. The topological polar surface area (TPSA) is 23.8 Å². The monoisotopic (exact) mass is 635 g/mol. The van der Waals surface area contributed by atoms with Crippen molar-refractivity contribution in [1.82, 2.24) is 0 Å². The fraction of sp³-hybridized carbons (Fsp3) is 0.0227. The van der Waals surface area contributed by atoms with Crippen molar-refractivity contribution in [3.05, 3.63) is 163 Å². The summed E-state index contributed by atoms with van der Waals surface area (Å²) in [6.07, 6.45) is 5.75. The molecule has 2 heterocycles. The van der Waals surface area contributed by atoms with Gasteiger partial charge in [0.1, 0.15) is 0 Å². The second-order valence-corrected chi connectivity index (χ2v) is 13.7. The highest BCUT2D eigenvalue weighted by atomic mass is 32.1. The van der Waals surface area contributed by atoms with Crippen LogP contribution in [0.2, 0.25) is 0 Å². The molecule has 0 bridgehead atoms. The molecule has 0 amide bonds. The molecule has 222 valence electrons. The van der Waals surface area contributed by atoms with Gasteiger partial charge in [-0.25, -0.2) is 0 Å². The lowest BCUT2D eigenvalue weighted by Crippen LogP contribution is -1.98. The van der Waals surface area contributed by atoms with Crippen molar-refractivity contribution in [2.75, 3.05) is 0 Å². The summed E-state index contributed by atoms with van der Waals surface area (Å²) in [6, 6.07) is 48.5. The Morgan fingerprint density at radius 2 is 1.09 bits per heavy atom. The molecule has 0 fully saturated rings. The van der Waals surface area contributed by atoms with E-state index in [1.54, 1.807) is 6.08 Å². The second kappa shape index (κ2) is 12.0. The van der Waals surface area contributed by atoms with E-state index in [2.05, 4.69) is 146 Å². The molecule has 0 N–H and O–H groups in total. The summed E-state index contributed by atoms with van der Waals surface area (Å²) in [6.45, 7) is 6.06. The van der Waals surface area contributed by atoms with Crippen LogP contribution in [0, 0.1) is 11.3 Å². The third kappa shape index (κ3) is 5.00. The molecule has 0 saturated carbocycles. The zero-order valence-corrected chi connectivity index (χ0v) is 27.5. The van der Waals surface area contributed by atoms with Gasteiger partial charge < -0.3 is 0 Å². The summed E-state index contributed by atoms with van der Waals surface area (Å²) in [5, 5.41) is 15.4. The van der Waals surface area contributed by atoms with E-state index in [0.717, 1.165) is 44.5 Å². The number of thiophene rings is 2. The van der Waals surface area contributed by atoms with Gasteiger partial charge in [0.15, 0.2) is 0 Å². The molecule has 0 aliphatic carbocycles. The summed E-state index contributed by atoms with van der Waals surface area (Å²) in [5.74, 6) is 0. The fourth-order valence-corrected chi connectivity index (χ4v) is 8.84. The zero-order chi connectivity index (χ0) is 31.9. The minimum atomic E-state index is 0.544. The van der Waals surface area contributed by atoms with E-state index >= 15 is 0 Å². The Hall–Kier alpha value is -5.53. The molecule has 3 heteroatoms. The molecule has 1 nitrogen and oxygen atoms in total. The predicted octanol–water partition coefficient (Wildman–Crippen LogP) is 13.5. The Morgan fingerprint density at radius 3 is 1.60 bits per heavy atom. The van der Waals surface area contributed by atoms with E-state index in [1.165, 1.54) is 40.3 Å². The van der Waals surface area contributed by atoms with Gasteiger partial charge in [-0.1, -0.05) is 104 Å². The van der Waals surface area contributed by atoms with Crippen molar-refractivity contribution in [2.45, 2.75) is 6.92 Å². The summed E-state index contributed by atoms with van der Waals surface area (Å²) in [4.78, 5) is 0. The van der Waals surface area contributed by atoms with Gasteiger partial charge in [0.05, 0.1) is 11.6 Å². The van der Waals surface area contributed by atoms with E-state index in [4.69, 9.17) is 0 Å². The molecule has 0 aliphatic rings. The van der Waals surface area contributed by atoms with Crippen molar-refractivity contribution < 1.29 is 0 Å². The van der Waals surface area contributed by atoms with Gasteiger partial charge in [-0.05, 0) is 94.4 Å². The van der Waals surface area contributed by atoms with Crippen LogP contribution in [0.1, 0.15) is 12.5 Å². The number of allylic oxidation sites excluding steroid dienone is 5. The summed E-state index contributed by atoms with van der Waals surface area (Å²) in [7, 11) is 0. The molecule has 6 aromatic carbocycles. The van der Waals surface area contributed by atoms with E-state index < -0.39 is 0 Å². The van der Waals surface area contributed by atoms with Crippen LogP contribution in [0.25, 0.3) is 79.3 Å². The van der Waals surface area contributed by atoms with Crippen molar-refractivity contribution in [2.24, 2.45) is 0 Å². The Labute approximate surface area is 282 Å². The number of rotatable bonds is 6. The molecular weight excluding hydrogens is 607 g/mol. The molecule has 2 aromatic heterocycles. The average molecular weight is 636 g/mol. The van der Waals surface area contributed by atoms with Gasteiger partial charge in [0.25, 0.3) is 0 Å². The first kappa shape index (κ1) is 28.9. The van der Waals surface area contributed by atoms with Crippen LogP contribution >= 0.6 is 22.7 Å². The van der Waals surface area contributed by atoms with Crippen LogP contribution in [-0.4, -0.2) is 0 Å². The van der Waals surface area contributed by atoms with Crippen molar-refractivity contribution in [3.63, 3.8) is 0 Å². The van der Waals surface area contributed by atoms with E-state index in [9.17, 15) is 5.26 Å². The first-order valence-corrected chi connectivity index (χ1v) is 17.3. The fourth-order valence-electron chi connectivity index (χ4n) is 6.66.